The number of phosphoric ester groups is 2. The summed E-state index contributed by atoms with van der Waals surface area (Å²) in [5.41, 5.74) is 0. The van der Waals surface area contributed by atoms with Crippen LogP contribution in [0.4, 0.5) is 0 Å². The lowest BCUT2D eigenvalue weighted by molar-refractivity contribution is -0.161. The molecule has 0 aliphatic rings. The van der Waals surface area contributed by atoms with Crippen molar-refractivity contribution < 1.29 is 80.2 Å². The molecule has 0 amide bonds. The van der Waals surface area contributed by atoms with E-state index in [0.717, 1.165) is 89.9 Å². The fourth-order valence-corrected chi connectivity index (χ4v) is 14.7. The quantitative estimate of drug-likeness (QED) is 0.0222. The maximum absolute atomic E-state index is 13.1. The van der Waals surface area contributed by atoms with Gasteiger partial charge in [-0.3, -0.25) is 37.3 Å². The number of hydrogen-bond donors (Lipinski definition) is 3. The first-order chi connectivity index (χ1) is 50.2. The van der Waals surface area contributed by atoms with Crippen molar-refractivity contribution >= 4 is 39.5 Å². The number of rotatable bonds is 85. The normalized spacial score (nSPS) is 13.7. The fourth-order valence-electron chi connectivity index (χ4n) is 13.2. The Balaban J connectivity index is 5.18. The van der Waals surface area contributed by atoms with Crippen molar-refractivity contribution in [1.82, 2.24) is 0 Å². The van der Waals surface area contributed by atoms with Crippen LogP contribution in [0.2, 0.25) is 0 Å². The largest absolute Gasteiger partial charge is 0.472 e. The van der Waals surface area contributed by atoms with Gasteiger partial charge in [-0.25, -0.2) is 9.13 Å². The molecule has 0 radical (unpaired) electrons. The van der Waals surface area contributed by atoms with Crippen molar-refractivity contribution in [3.05, 3.63) is 0 Å². The van der Waals surface area contributed by atoms with Gasteiger partial charge in [-0.15, -0.1) is 0 Å². The number of unbranched alkanes of at least 4 members (excludes halogenated alkanes) is 59. The lowest BCUT2D eigenvalue weighted by atomic mass is 10.0. The van der Waals surface area contributed by atoms with E-state index in [1.165, 1.54) is 289 Å². The summed E-state index contributed by atoms with van der Waals surface area (Å²) < 4.78 is 68.7. The SMILES string of the molecule is CCCCCCCCCCCCCCCCCCCCCCCC(=O)OC[C@H](COP(=O)(O)OC[C@@H](O)COP(=O)(O)OC[C@@H](COC(=O)CCCCCCCCCCCC)OC(=O)CCCCCCCCCCCCC)OC(=O)CCCCCCCCCCCCCCCCCCCCCCC. The summed E-state index contributed by atoms with van der Waals surface area (Å²) in [4.78, 5) is 73.0. The summed E-state index contributed by atoms with van der Waals surface area (Å²) in [6.07, 6.45) is 72.4. The summed E-state index contributed by atoms with van der Waals surface area (Å²) in [6.45, 7) is 5.02. The molecule has 2 unspecified atom stereocenters. The summed E-state index contributed by atoms with van der Waals surface area (Å²) in [5, 5.41) is 10.6. The van der Waals surface area contributed by atoms with Crippen molar-refractivity contribution in [2.75, 3.05) is 39.6 Å². The number of esters is 4. The van der Waals surface area contributed by atoms with E-state index in [4.69, 9.17) is 37.0 Å². The summed E-state index contributed by atoms with van der Waals surface area (Å²) in [7, 11) is -9.92. The zero-order valence-electron chi connectivity index (χ0n) is 67.3. The number of aliphatic hydroxyl groups is 1. The van der Waals surface area contributed by atoms with Crippen LogP contribution < -0.4 is 0 Å². The van der Waals surface area contributed by atoms with E-state index < -0.39 is 97.5 Å². The van der Waals surface area contributed by atoms with E-state index in [0.29, 0.717) is 25.7 Å². The molecule has 17 nitrogen and oxygen atoms in total. The molecule has 0 bridgehead atoms. The molecular formula is C84H164O17P2. The predicted molar refractivity (Wildman–Crippen MR) is 423 cm³/mol. The molecule has 0 spiro atoms. The molecule has 5 atom stereocenters. The molecule has 0 fully saturated rings. The Bertz CT molecular complexity index is 1950. The molecule has 19 heteroatoms. The Kier molecular flexibility index (Phi) is 76.7. The van der Waals surface area contributed by atoms with Crippen LogP contribution in [0.25, 0.3) is 0 Å². The van der Waals surface area contributed by atoms with Crippen LogP contribution in [-0.2, 0) is 65.4 Å². The number of phosphoric acid groups is 2. The van der Waals surface area contributed by atoms with Crippen molar-refractivity contribution in [3.8, 4) is 0 Å². The molecule has 0 rings (SSSR count). The average Bonchev–Trinajstić information content (AvgIpc) is 0.966. The van der Waals surface area contributed by atoms with Crippen LogP contribution in [0, 0.1) is 0 Å². The highest BCUT2D eigenvalue weighted by Gasteiger charge is 2.30. The fraction of sp³-hybridized carbons (Fsp3) is 0.952. The van der Waals surface area contributed by atoms with Crippen LogP contribution in [0.1, 0.15) is 458 Å². The van der Waals surface area contributed by atoms with E-state index in [-0.39, 0.29) is 25.7 Å². The first-order valence-electron chi connectivity index (χ1n) is 43.8. The van der Waals surface area contributed by atoms with Gasteiger partial charge in [-0.05, 0) is 25.7 Å². The van der Waals surface area contributed by atoms with Gasteiger partial charge in [-0.2, -0.15) is 0 Å². The highest BCUT2D eigenvalue weighted by molar-refractivity contribution is 7.47. The Labute approximate surface area is 632 Å². The van der Waals surface area contributed by atoms with Crippen LogP contribution in [0.5, 0.6) is 0 Å². The van der Waals surface area contributed by atoms with Crippen LogP contribution >= 0.6 is 15.6 Å². The topological polar surface area (TPSA) is 237 Å². The molecule has 0 aromatic carbocycles. The molecule has 612 valence electrons. The third-order valence-electron chi connectivity index (χ3n) is 19.9. The standard InChI is InChI=1S/C84H164O17P2/c1-5-9-13-17-21-25-29-31-33-35-37-39-41-43-45-47-50-53-57-61-65-69-82(87)95-75-80(101-84(89)71-67-63-59-55-51-48-46-44-42-40-38-36-34-32-30-26-22-18-14-10-6-2)77-99-103(92,93)97-73-78(85)72-96-102(90,91)98-76-79(74-94-81(86)68-64-60-56-52-28-24-20-16-12-8-4)100-83(88)70-66-62-58-54-49-27-23-19-15-11-7-3/h78-80,85H,5-77H2,1-4H3,(H,90,91)(H,92,93)/t78-,79+,80+/m0/s1. The van der Waals surface area contributed by atoms with Gasteiger partial charge >= 0.3 is 39.5 Å². The summed E-state index contributed by atoms with van der Waals surface area (Å²) in [6, 6.07) is 0. The van der Waals surface area contributed by atoms with Gasteiger partial charge in [0.1, 0.15) is 19.3 Å². The zero-order valence-corrected chi connectivity index (χ0v) is 69.1. The third-order valence-corrected chi connectivity index (χ3v) is 21.8. The minimum atomic E-state index is -4.96. The average molecular weight is 1510 g/mol. The summed E-state index contributed by atoms with van der Waals surface area (Å²) in [5.74, 6) is -2.10. The second kappa shape index (κ2) is 78.2. The molecular weight excluding hydrogens is 1340 g/mol. The van der Waals surface area contributed by atoms with Gasteiger partial charge in [0.2, 0.25) is 0 Å². The molecule has 0 aromatic heterocycles. The van der Waals surface area contributed by atoms with Gasteiger partial charge in [0, 0.05) is 25.7 Å². The van der Waals surface area contributed by atoms with Gasteiger partial charge in [-0.1, -0.05) is 407 Å². The second-order valence-electron chi connectivity index (χ2n) is 30.2. The molecule has 103 heavy (non-hydrogen) atoms. The van der Waals surface area contributed by atoms with E-state index in [2.05, 4.69) is 27.7 Å². The maximum Gasteiger partial charge on any atom is 0.472 e. The Morgan fingerprint density at radius 1 is 0.233 bits per heavy atom. The van der Waals surface area contributed by atoms with Crippen molar-refractivity contribution in [3.63, 3.8) is 0 Å². The molecule has 0 aliphatic carbocycles. The molecule has 0 heterocycles. The Morgan fingerprint density at radius 3 is 0.573 bits per heavy atom. The number of carbonyl (C=O) groups excluding carboxylic acids is 4. The molecule has 0 aromatic rings. The first-order valence-corrected chi connectivity index (χ1v) is 46.8. The highest BCUT2D eigenvalue weighted by atomic mass is 31.2. The maximum atomic E-state index is 13.1. The minimum absolute atomic E-state index is 0.108. The molecule has 0 saturated carbocycles. The van der Waals surface area contributed by atoms with E-state index in [1.54, 1.807) is 0 Å². The smallest absolute Gasteiger partial charge is 0.462 e. The third kappa shape index (κ3) is 78.0. The minimum Gasteiger partial charge on any atom is -0.462 e. The Morgan fingerprint density at radius 2 is 0.388 bits per heavy atom. The Hall–Kier alpha value is -1.94. The number of ether oxygens (including phenoxy) is 4. The summed E-state index contributed by atoms with van der Waals surface area (Å²) >= 11 is 0. The van der Waals surface area contributed by atoms with E-state index in [1.807, 2.05) is 0 Å². The van der Waals surface area contributed by atoms with Crippen molar-refractivity contribution in [1.29, 1.82) is 0 Å². The number of aliphatic hydroxyl groups excluding tert-OH is 1. The van der Waals surface area contributed by atoms with E-state index in [9.17, 15) is 43.2 Å². The van der Waals surface area contributed by atoms with Gasteiger partial charge < -0.3 is 33.8 Å². The van der Waals surface area contributed by atoms with Gasteiger partial charge in [0.15, 0.2) is 12.2 Å². The monoisotopic (exact) mass is 1510 g/mol. The van der Waals surface area contributed by atoms with E-state index >= 15 is 0 Å². The second-order valence-corrected chi connectivity index (χ2v) is 33.1. The first kappa shape index (κ1) is 101. The number of carbonyl (C=O) groups is 4. The lowest BCUT2D eigenvalue weighted by Crippen LogP contribution is -2.30. The van der Waals surface area contributed by atoms with Crippen molar-refractivity contribution in [2.45, 2.75) is 476 Å². The highest BCUT2D eigenvalue weighted by Crippen LogP contribution is 2.45. The van der Waals surface area contributed by atoms with Crippen LogP contribution in [0.3, 0.4) is 0 Å². The number of hydrogen-bond acceptors (Lipinski definition) is 15. The van der Waals surface area contributed by atoms with Crippen molar-refractivity contribution in [2.24, 2.45) is 0 Å². The molecule has 0 saturated heterocycles. The zero-order chi connectivity index (χ0) is 75.3. The molecule has 3 N–H and O–H groups in total. The van der Waals surface area contributed by atoms with Gasteiger partial charge in [0.25, 0.3) is 0 Å². The molecule has 0 aliphatic heterocycles. The predicted octanol–water partition coefficient (Wildman–Crippen LogP) is 25.7. The van der Waals surface area contributed by atoms with Crippen LogP contribution in [0.15, 0.2) is 0 Å². The lowest BCUT2D eigenvalue weighted by Gasteiger charge is -2.21. The van der Waals surface area contributed by atoms with Crippen LogP contribution in [-0.4, -0.2) is 96.7 Å². The van der Waals surface area contributed by atoms with Gasteiger partial charge in [0.05, 0.1) is 26.4 Å².